The molecule has 0 saturated carbocycles. The third kappa shape index (κ3) is 7.15. The van der Waals surface area contributed by atoms with E-state index in [1.165, 1.54) is 54.3 Å². The monoisotopic (exact) mass is 610 g/mol. The Morgan fingerprint density at radius 3 is 2.50 bits per heavy atom. The molecule has 4 rings (SSSR count). The van der Waals surface area contributed by atoms with Crippen LogP contribution in [0.1, 0.15) is 58.3 Å². The molecule has 3 amide bonds. The highest BCUT2D eigenvalue weighted by Crippen LogP contribution is 2.38. The first-order chi connectivity index (χ1) is 20.1. The summed E-state index contributed by atoms with van der Waals surface area (Å²) in [5.41, 5.74) is 1.83. The van der Waals surface area contributed by atoms with E-state index >= 15 is 0 Å². The number of nitrogens with one attached hydrogen (secondary N) is 2. The summed E-state index contributed by atoms with van der Waals surface area (Å²) in [6, 6.07) is 12.3. The Morgan fingerprint density at radius 1 is 1.12 bits per heavy atom. The van der Waals surface area contributed by atoms with E-state index in [2.05, 4.69) is 10.6 Å². The predicted molar refractivity (Wildman–Crippen MR) is 161 cm³/mol. The molecule has 220 valence electrons. The second kappa shape index (κ2) is 13.6. The molecule has 0 spiro atoms. The van der Waals surface area contributed by atoms with E-state index < -0.39 is 22.0 Å². The van der Waals surface area contributed by atoms with E-state index in [0.29, 0.717) is 42.2 Å². The van der Waals surface area contributed by atoms with Gasteiger partial charge in [-0.05, 0) is 55.7 Å². The van der Waals surface area contributed by atoms with Crippen molar-refractivity contribution in [1.82, 2.24) is 4.90 Å². The normalized spacial score (nSPS) is 13.1. The first-order valence-corrected chi connectivity index (χ1v) is 15.0. The lowest BCUT2D eigenvalue weighted by Gasteiger charge is -2.25. The van der Waals surface area contributed by atoms with Crippen LogP contribution < -0.4 is 10.6 Å². The van der Waals surface area contributed by atoms with Gasteiger partial charge in [-0.3, -0.25) is 24.5 Å². The number of anilines is 2. The topological polar surface area (TPSA) is 148 Å². The second-order valence-corrected chi connectivity index (χ2v) is 11.8. The van der Waals surface area contributed by atoms with E-state index in [9.17, 15) is 29.3 Å². The van der Waals surface area contributed by atoms with Crippen LogP contribution in [0.3, 0.4) is 0 Å². The van der Waals surface area contributed by atoms with Crippen molar-refractivity contribution in [2.24, 2.45) is 0 Å². The average molecular weight is 611 g/mol. The maximum Gasteiger partial charge on any atom is 0.341 e. The summed E-state index contributed by atoms with van der Waals surface area (Å²) in [5, 5.41) is 16.5. The molecule has 1 aromatic heterocycles. The van der Waals surface area contributed by atoms with Crippen LogP contribution in [-0.2, 0) is 27.3 Å². The van der Waals surface area contributed by atoms with Crippen molar-refractivity contribution in [3.05, 3.63) is 80.2 Å². The number of esters is 1. The molecule has 3 aromatic rings. The van der Waals surface area contributed by atoms with Crippen molar-refractivity contribution in [2.45, 2.75) is 50.3 Å². The number of benzene rings is 2. The number of non-ortho nitro benzene ring substituents is 1. The first kappa shape index (κ1) is 30.7. The molecule has 11 nitrogen and oxygen atoms in total. The van der Waals surface area contributed by atoms with Gasteiger partial charge in [0.05, 0.1) is 28.9 Å². The molecule has 2 N–H and O–H groups in total. The van der Waals surface area contributed by atoms with E-state index in [0.717, 1.165) is 15.3 Å². The van der Waals surface area contributed by atoms with Crippen LogP contribution in [0.15, 0.2) is 53.4 Å². The summed E-state index contributed by atoms with van der Waals surface area (Å²) in [4.78, 5) is 64.5. The molecule has 0 saturated heterocycles. The maximum absolute atomic E-state index is 13.4. The van der Waals surface area contributed by atoms with Gasteiger partial charge >= 0.3 is 5.97 Å². The molecule has 1 aliphatic rings. The fourth-order valence-electron chi connectivity index (χ4n) is 4.44. The zero-order valence-corrected chi connectivity index (χ0v) is 24.9. The van der Waals surface area contributed by atoms with Crippen molar-refractivity contribution in [3.8, 4) is 0 Å². The predicted octanol–water partition coefficient (Wildman–Crippen LogP) is 5.50. The molecule has 1 unspecified atom stereocenters. The number of carbonyl (C=O) groups excluding carboxylic acids is 4. The number of rotatable bonds is 10. The number of carbonyl (C=O) groups is 4. The summed E-state index contributed by atoms with van der Waals surface area (Å²) in [6.45, 7) is 6.17. The summed E-state index contributed by atoms with van der Waals surface area (Å²) in [5.74, 6) is -1.26. The fraction of sp³-hybridized carbons (Fsp3) is 0.310. The number of nitro groups is 1. The van der Waals surface area contributed by atoms with E-state index in [-0.39, 0.29) is 29.7 Å². The van der Waals surface area contributed by atoms with Crippen molar-refractivity contribution < 1.29 is 28.8 Å². The van der Waals surface area contributed by atoms with E-state index in [4.69, 9.17) is 4.74 Å². The number of amides is 3. The molecule has 1 aliphatic heterocycles. The third-order valence-corrected chi connectivity index (χ3v) is 9.08. The number of thiophene rings is 1. The number of thioether (sulfide) groups is 1. The lowest BCUT2D eigenvalue weighted by atomic mass is 10.0. The molecular formula is C29H30N4O7S2. The second-order valence-electron chi connectivity index (χ2n) is 9.41. The zero-order chi connectivity index (χ0) is 30.4. The molecule has 0 aliphatic carbocycles. The highest BCUT2D eigenvalue weighted by atomic mass is 32.2. The zero-order valence-electron chi connectivity index (χ0n) is 23.3. The van der Waals surface area contributed by atoms with Crippen molar-refractivity contribution in [3.63, 3.8) is 0 Å². The van der Waals surface area contributed by atoms with Crippen LogP contribution in [0.5, 0.6) is 0 Å². The largest absolute Gasteiger partial charge is 0.462 e. The van der Waals surface area contributed by atoms with Gasteiger partial charge in [0.1, 0.15) is 5.00 Å². The van der Waals surface area contributed by atoms with Crippen molar-refractivity contribution in [1.29, 1.82) is 0 Å². The lowest BCUT2D eigenvalue weighted by Crippen LogP contribution is -2.34. The van der Waals surface area contributed by atoms with Crippen molar-refractivity contribution >= 4 is 63.2 Å². The minimum Gasteiger partial charge on any atom is -0.462 e. The Bertz CT molecular complexity index is 1520. The van der Waals surface area contributed by atoms with Gasteiger partial charge in [-0.15, -0.1) is 23.1 Å². The van der Waals surface area contributed by atoms with E-state index in [1.807, 2.05) is 13.0 Å². The van der Waals surface area contributed by atoms with Gasteiger partial charge in [0.15, 0.2) is 0 Å². The van der Waals surface area contributed by atoms with Gasteiger partial charge in [0.25, 0.3) is 11.6 Å². The summed E-state index contributed by atoms with van der Waals surface area (Å²) in [7, 11) is 0. The Morgan fingerprint density at radius 2 is 1.86 bits per heavy atom. The SMILES string of the molecule is CCOC(=O)c1c(NC(=O)C(CC)Sc2cccc(NC(=O)c3ccc([N+](=O)[O-])cc3)c2)sc2c1CCN(C(C)=O)C2. The number of nitrogens with zero attached hydrogens (tertiary/aromatic N) is 2. The molecule has 13 heteroatoms. The molecule has 0 bridgehead atoms. The lowest BCUT2D eigenvalue weighted by molar-refractivity contribution is -0.384. The van der Waals surface area contributed by atoms with Crippen LogP contribution in [0.4, 0.5) is 16.4 Å². The number of hydrogen-bond donors (Lipinski definition) is 2. The van der Waals surface area contributed by atoms with Crippen LogP contribution in [-0.4, -0.2) is 51.9 Å². The molecule has 42 heavy (non-hydrogen) atoms. The van der Waals surface area contributed by atoms with E-state index in [1.54, 1.807) is 30.0 Å². The molecule has 0 radical (unpaired) electrons. The van der Waals surface area contributed by atoms with Crippen LogP contribution in [0.25, 0.3) is 0 Å². The number of fused-ring (bicyclic) bond motifs is 1. The van der Waals surface area contributed by atoms with Gasteiger partial charge in [0, 0.05) is 46.6 Å². The van der Waals surface area contributed by atoms with Crippen LogP contribution in [0.2, 0.25) is 0 Å². The highest BCUT2D eigenvalue weighted by molar-refractivity contribution is 8.00. The average Bonchev–Trinajstić information content (AvgIpc) is 3.33. The van der Waals surface area contributed by atoms with Gasteiger partial charge in [-0.1, -0.05) is 13.0 Å². The van der Waals surface area contributed by atoms with Crippen LogP contribution >= 0.6 is 23.1 Å². The minimum absolute atomic E-state index is 0.0501. The van der Waals surface area contributed by atoms with Gasteiger partial charge < -0.3 is 20.3 Å². The van der Waals surface area contributed by atoms with Gasteiger partial charge in [-0.2, -0.15) is 0 Å². The quantitative estimate of drug-likeness (QED) is 0.132. The molecule has 0 fully saturated rings. The Labute approximate surface area is 250 Å². The smallest absolute Gasteiger partial charge is 0.341 e. The van der Waals surface area contributed by atoms with Crippen LogP contribution in [0, 0.1) is 10.1 Å². The molecule has 2 aromatic carbocycles. The highest BCUT2D eigenvalue weighted by Gasteiger charge is 2.31. The molecule has 1 atom stereocenters. The minimum atomic E-state index is -0.533. The fourth-order valence-corrected chi connectivity index (χ4v) is 6.71. The maximum atomic E-state index is 13.4. The van der Waals surface area contributed by atoms with Gasteiger partial charge in [0.2, 0.25) is 11.8 Å². The molecular weight excluding hydrogens is 580 g/mol. The summed E-state index contributed by atoms with van der Waals surface area (Å²) in [6.07, 6.45) is 0.994. The summed E-state index contributed by atoms with van der Waals surface area (Å²) < 4.78 is 5.29. The number of nitro benzene ring substituents is 1. The summed E-state index contributed by atoms with van der Waals surface area (Å²) >= 11 is 2.61. The Hall–Kier alpha value is -4.23. The Kier molecular flexibility index (Phi) is 9.96. The van der Waals surface area contributed by atoms with Gasteiger partial charge in [-0.25, -0.2) is 4.79 Å². The van der Waals surface area contributed by atoms with Crippen molar-refractivity contribution in [2.75, 3.05) is 23.8 Å². The first-order valence-electron chi connectivity index (χ1n) is 13.3. The third-order valence-electron chi connectivity index (χ3n) is 6.59. The molecule has 2 heterocycles. The Balaban J connectivity index is 1.48. The number of hydrogen-bond acceptors (Lipinski definition) is 9. The number of ether oxygens (including phenoxy) is 1. The standard InChI is InChI=1S/C29H30N4O7S2/c1-4-23(41-21-8-6-7-19(15-21)30-26(35)18-9-11-20(12-10-18)33(38)39)27(36)31-28-25(29(37)40-5-2)22-13-14-32(17(3)34)16-24(22)42-28/h6-12,15,23H,4-5,13-14,16H2,1-3H3,(H,30,35)(H,31,36).